The molecule has 0 heterocycles. The molecule has 0 amide bonds. The minimum absolute atomic E-state index is 0.498. The number of rotatable bonds is 11. The van der Waals surface area contributed by atoms with Crippen molar-refractivity contribution in [1.29, 1.82) is 0 Å². The van der Waals surface area contributed by atoms with Crippen molar-refractivity contribution in [3.63, 3.8) is 0 Å². The van der Waals surface area contributed by atoms with Crippen LogP contribution in [0, 0.1) is 0 Å². The molecule has 0 saturated carbocycles. The smallest absolute Gasteiger partial charge is 0.161 e. The maximum atomic E-state index is 5.84. The number of unbranched alkanes of at least 4 members (excludes halogenated alkanes) is 6. The molecule has 0 aliphatic heterocycles. The van der Waals surface area contributed by atoms with Gasteiger partial charge in [-0.05, 0) is 24.1 Å². The maximum absolute atomic E-state index is 5.84. The van der Waals surface area contributed by atoms with E-state index in [9.17, 15) is 0 Å². The van der Waals surface area contributed by atoms with Gasteiger partial charge >= 0.3 is 0 Å². The minimum Gasteiger partial charge on any atom is -0.493 e. The van der Waals surface area contributed by atoms with Gasteiger partial charge < -0.3 is 9.47 Å². The Morgan fingerprint density at radius 1 is 0.950 bits per heavy atom. The van der Waals surface area contributed by atoms with Crippen LogP contribution < -0.4 is 9.47 Å². The van der Waals surface area contributed by atoms with Crippen LogP contribution in [0.3, 0.4) is 0 Å². The standard InChI is InChI=1S/C17H27ClO2/c1-3-4-5-6-7-8-9-12-20-17-13-15(14-18)10-11-16(17)19-2/h10-11,13H,3-9,12,14H2,1-2H3. The van der Waals surface area contributed by atoms with Gasteiger partial charge in [0.25, 0.3) is 0 Å². The second-order valence-electron chi connectivity index (χ2n) is 5.09. The molecule has 2 nitrogen and oxygen atoms in total. The second-order valence-corrected chi connectivity index (χ2v) is 5.36. The lowest BCUT2D eigenvalue weighted by atomic mass is 10.1. The summed E-state index contributed by atoms with van der Waals surface area (Å²) >= 11 is 5.84. The summed E-state index contributed by atoms with van der Waals surface area (Å²) < 4.78 is 11.1. The molecule has 1 aromatic rings. The fourth-order valence-corrected chi connectivity index (χ4v) is 2.32. The molecule has 0 saturated heterocycles. The van der Waals surface area contributed by atoms with Crippen molar-refractivity contribution in [3.8, 4) is 11.5 Å². The number of ether oxygens (including phenoxy) is 2. The molecule has 0 radical (unpaired) electrons. The van der Waals surface area contributed by atoms with Gasteiger partial charge in [-0.3, -0.25) is 0 Å². The highest BCUT2D eigenvalue weighted by atomic mass is 35.5. The van der Waals surface area contributed by atoms with Crippen LogP contribution in [0.4, 0.5) is 0 Å². The van der Waals surface area contributed by atoms with Gasteiger partial charge in [0.1, 0.15) is 0 Å². The summed E-state index contributed by atoms with van der Waals surface area (Å²) in [6, 6.07) is 5.84. The van der Waals surface area contributed by atoms with E-state index in [1.165, 1.54) is 38.5 Å². The number of benzene rings is 1. The van der Waals surface area contributed by atoms with E-state index in [1.807, 2.05) is 18.2 Å². The zero-order chi connectivity index (χ0) is 14.6. The molecular formula is C17H27ClO2. The molecule has 3 heteroatoms. The Balaban J connectivity index is 2.24. The Morgan fingerprint density at radius 3 is 2.30 bits per heavy atom. The molecule has 0 aliphatic carbocycles. The van der Waals surface area contributed by atoms with Crippen molar-refractivity contribution in [3.05, 3.63) is 23.8 Å². The van der Waals surface area contributed by atoms with Gasteiger partial charge in [0.2, 0.25) is 0 Å². The zero-order valence-electron chi connectivity index (χ0n) is 12.8. The third kappa shape index (κ3) is 6.51. The average molecular weight is 299 g/mol. The fourth-order valence-electron chi connectivity index (χ4n) is 2.16. The minimum atomic E-state index is 0.498. The second kappa shape index (κ2) is 10.8. The Morgan fingerprint density at radius 2 is 1.65 bits per heavy atom. The summed E-state index contributed by atoms with van der Waals surface area (Å²) in [5.41, 5.74) is 1.06. The lowest BCUT2D eigenvalue weighted by Crippen LogP contribution is -2.00. The van der Waals surface area contributed by atoms with Crippen LogP contribution in [0.2, 0.25) is 0 Å². The third-order valence-corrected chi connectivity index (χ3v) is 3.70. The Hall–Kier alpha value is -0.890. The van der Waals surface area contributed by atoms with Crippen LogP contribution in [-0.4, -0.2) is 13.7 Å². The molecule has 20 heavy (non-hydrogen) atoms. The fraction of sp³-hybridized carbons (Fsp3) is 0.647. The van der Waals surface area contributed by atoms with Gasteiger partial charge in [-0.15, -0.1) is 11.6 Å². The van der Waals surface area contributed by atoms with E-state index in [0.29, 0.717) is 5.88 Å². The van der Waals surface area contributed by atoms with Crippen LogP contribution in [0.25, 0.3) is 0 Å². The van der Waals surface area contributed by atoms with Gasteiger partial charge in [-0.1, -0.05) is 51.5 Å². The first-order valence-corrected chi connectivity index (χ1v) is 8.21. The van der Waals surface area contributed by atoms with E-state index in [0.717, 1.165) is 30.1 Å². The highest BCUT2D eigenvalue weighted by Crippen LogP contribution is 2.28. The van der Waals surface area contributed by atoms with Crippen LogP contribution in [0.15, 0.2) is 18.2 Å². The molecule has 0 aromatic heterocycles. The number of halogens is 1. The predicted molar refractivity (Wildman–Crippen MR) is 86.0 cm³/mol. The molecule has 114 valence electrons. The van der Waals surface area contributed by atoms with E-state index in [4.69, 9.17) is 21.1 Å². The topological polar surface area (TPSA) is 18.5 Å². The molecule has 0 atom stereocenters. The van der Waals surface area contributed by atoms with Gasteiger partial charge in [0.05, 0.1) is 13.7 Å². The van der Waals surface area contributed by atoms with E-state index in [1.54, 1.807) is 7.11 Å². The van der Waals surface area contributed by atoms with Crippen molar-refractivity contribution in [1.82, 2.24) is 0 Å². The Bertz CT molecular complexity index is 366. The van der Waals surface area contributed by atoms with E-state index in [-0.39, 0.29) is 0 Å². The van der Waals surface area contributed by atoms with Crippen molar-refractivity contribution < 1.29 is 9.47 Å². The quantitative estimate of drug-likeness (QED) is 0.393. The van der Waals surface area contributed by atoms with Crippen molar-refractivity contribution in [2.24, 2.45) is 0 Å². The summed E-state index contributed by atoms with van der Waals surface area (Å²) in [7, 11) is 1.66. The third-order valence-electron chi connectivity index (χ3n) is 3.39. The van der Waals surface area contributed by atoms with Crippen molar-refractivity contribution in [2.45, 2.75) is 57.7 Å². The first-order valence-electron chi connectivity index (χ1n) is 7.67. The largest absolute Gasteiger partial charge is 0.493 e. The summed E-state index contributed by atoms with van der Waals surface area (Å²) in [5, 5.41) is 0. The Labute approximate surface area is 128 Å². The normalized spacial score (nSPS) is 10.6. The highest BCUT2D eigenvalue weighted by Gasteiger charge is 2.05. The molecule has 1 aromatic carbocycles. The predicted octanol–water partition coefficient (Wildman–Crippen LogP) is 5.56. The van der Waals surface area contributed by atoms with Crippen LogP contribution in [-0.2, 0) is 5.88 Å². The number of alkyl halides is 1. The molecule has 0 bridgehead atoms. The van der Waals surface area contributed by atoms with Gasteiger partial charge in [0, 0.05) is 5.88 Å². The SMILES string of the molecule is CCCCCCCCCOc1cc(CCl)ccc1OC. The average Bonchev–Trinajstić information content (AvgIpc) is 2.49. The number of methoxy groups -OCH3 is 1. The lowest BCUT2D eigenvalue weighted by Gasteiger charge is -2.11. The van der Waals surface area contributed by atoms with E-state index in [2.05, 4.69) is 6.92 Å². The number of hydrogen-bond acceptors (Lipinski definition) is 2. The maximum Gasteiger partial charge on any atom is 0.161 e. The first kappa shape index (κ1) is 17.2. The van der Waals surface area contributed by atoms with Gasteiger partial charge in [-0.25, -0.2) is 0 Å². The van der Waals surface area contributed by atoms with Gasteiger partial charge in [0.15, 0.2) is 11.5 Å². The summed E-state index contributed by atoms with van der Waals surface area (Å²) in [4.78, 5) is 0. The molecule has 0 spiro atoms. The van der Waals surface area contributed by atoms with Crippen molar-refractivity contribution >= 4 is 11.6 Å². The van der Waals surface area contributed by atoms with E-state index < -0.39 is 0 Å². The molecule has 0 fully saturated rings. The molecule has 0 aliphatic rings. The van der Waals surface area contributed by atoms with E-state index >= 15 is 0 Å². The summed E-state index contributed by atoms with van der Waals surface area (Å²) in [5.74, 6) is 2.08. The monoisotopic (exact) mass is 298 g/mol. The zero-order valence-corrected chi connectivity index (χ0v) is 13.5. The summed E-state index contributed by atoms with van der Waals surface area (Å²) in [6.07, 6.45) is 9.02. The molecule has 1 rings (SSSR count). The van der Waals surface area contributed by atoms with Crippen LogP contribution >= 0.6 is 11.6 Å². The van der Waals surface area contributed by atoms with Crippen LogP contribution in [0.5, 0.6) is 11.5 Å². The lowest BCUT2D eigenvalue weighted by molar-refractivity contribution is 0.284. The van der Waals surface area contributed by atoms with Gasteiger partial charge in [-0.2, -0.15) is 0 Å². The molecule has 0 N–H and O–H groups in total. The first-order chi connectivity index (χ1) is 9.81. The van der Waals surface area contributed by atoms with Crippen LogP contribution in [0.1, 0.15) is 57.4 Å². The molecular weight excluding hydrogens is 272 g/mol. The summed E-state index contributed by atoms with van der Waals surface area (Å²) in [6.45, 7) is 2.99. The molecule has 0 unspecified atom stereocenters. The number of hydrogen-bond donors (Lipinski definition) is 0. The highest BCUT2D eigenvalue weighted by molar-refractivity contribution is 6.17. The Kier molecular flexibility index (Phi) is 9.31. The van der Waals surface area contributed by atoms with Crippen molar-refractivity contribution in [2.75, 3.05) is 13.7 Å².